The molecule has 0 radical (unpaired) electrons. The highest BCUT2D eigenvalue weighted by Crippen LogP contribution is 2.35. The minimum absolute atomic E-state index is 0.0763. The zero-order valence-electron chi connectivity index (χ0n) is 19.1. The van der Waals surface area contributed by atoms with E-state index in [-0.39, 0.29) is 17.9 Å². The van der Waals surface area contributed by atoms with Gasteiger partial charge in [0.15, 0.2) is 0 Å². The van der Waals surface area contributed by atoms with Crippen LogP contribution in [0.15, 0.2) is 52.9 Å². The minimum Gasteiger partial charge on any atom is -0.496 e. The van der Waals surface area contributed by atoms with Crippen LogP contribution in [-0.4, -0.2) is 36.1 Å². The Balaban J connectivity index is 1.55. The molecule has 0 bridgehead atoms. The van der Waals surface area contributed by atoms with Gasteiger partial charge in [0.05, 0.1) is 17.6 Å². The molecule has 1 aliphatic rings. The summed E-state index contributed by atoms with van der Waals surface area (Å²) in [5.41, 5.74) is 1.79. The van der Waals surface area contributed by atoms with Crippen LogP contribution in [0.25, 0.3) is 11.3 Å². The average Bonchev–Trinajstić information content (AvgIpc) is 3.33. The van der Waals surface area contributed by atoms with Gasteiger partial charge in [0.1, 0.15) is 29.6 Å². The Morgan fingerprint density at radius 1 is 1.21 bits per heavy atom. The molecular weight excluding hydrogens is 438 g/mol. The number of carbonyl (C=O) groups excluding carboxylic acids is 1. The number of carbonyl (C=O) groups is 1. The number of nitro benzene ring substituents is 1. The molecule has 0 unspecified atom stereocenters. The Hall–Kier alpha value is -3.85. The molecule has 2 N–H and O–H groups in total. The summed E-state index contributed by atoms with van der Waals surface area (Å²) < 4.78 is 11.0. The molecule has 3 aromatic rings. The molecule has 9 nitrogen and oxygen atoms in total. The highest BCUT2D eigenvalue weighted by Gasteiger charge is 2.25. The third-order valence-corrected chi connectivity index (χ3v) is 6.10. The van der Waals surface area contributed by atoms with E-state index in [0.717, 1.165) is 25.9 Å². The highest BCUT2D eigenvalue weighted by molar-refractivity contribution is 6.05. The van der Waals surface area contributed by atoms with Crippen LogP contribution in [0.2, 0.25) is 0 Å². The number of amides is 1. The van der Waals surface area contributed by atoms with Crippen LogP contribution in [0.4, 0.5) is 17.1 Å². The van der Waals surface area contributed by atoms with Crippen molar-refractivity contribution in [2.45, 2.75) is 26.4 Å². The number of nitrogens with one attached hydrogen (secondary N) is 1. The van der Waals surface area contributed by atoms with Gasteiger partial charge in [-0.2, -0.15) is 0 Å². The number of nitro groups is 1. The summed E-state index contributed by atoms with van der Waals surface area (Å²) in [6.45, 7) is 3.49. The van der Waals surface area contributed by atoms with E-state index in [1.165, 1.54) is 13.2 Å². The summed E-state index contributed by atoms with van der Waals surface area (Å²) in [4.78, 5) is 26.2. The lowest BCUT2D eigenvalue weighted by Gasteiger charge is -2.31. The molecule has 178 valence electrons. The van der Waals surface area contributed by atoms with Crippen LogP contribution in [0, 0.1) is 16.0 Å². The number of hydrogen-bond acceptors (Lipinski definition) is 7. The number of anilines is 2. The molecule has 4 rings (SSSR count). The van der Waals surface area contributed by atoms with Crippen LogP contribution in [0.3, 0.4) is 0 Å². The Morgan fingerprint density at radius 3 is 2.62 bits per heavy atom. The van der Waals surface area contributed by atoms with Gasteiger partial charge in [0.2, 0.25) is 0 Å². The summed E-state index contributed by atoms with van der Waals surface area (Å²) >= 11 is 0. The number of furan rings is 1. The van der Waals surface area contributed by atoms with E-state index in [9.17, 15) is 20.0 Å². The lowest BCUT2D eigenvalue weighted by atomic mass is 9.98. The van der Waals surface area contributed by atoms with Gasteiger partial charge >= 0.3 is 0 Å². The Morgan fingerprint density at radius 2 is 1.97 bits per heavy atom. The Kier molecular flexibility index (Phi) is 6.83. The molecule has 34 heavy (non-hydrogen) atoms. The van der Waals surface area contributed by atoms with Crippen molar-refractivity contribution in [2.75, 3.05) is 30.4 Å². The van der Waals surface area contributed by atoms with Crippen LogP contribution < -0.4 is 15.0 Å². The molecule has 9 heteroatoms. The molecule has 0 saturated carbocycles. The summed E-state index contributed by atoms with van der Waals surface area (Å²) in [7, 11) is 1.50. The Bertz CT molecular complexity index is 1200. The van der Waals surface area contributed by atoms with Crippen molar-refractivity contribution in [2.24, 2.45) is 5.92 Å². The number of rotatable bonds is 7. The number of benzene rings is 2. The molecular formula is C25H27N3O6. The second kappa shape index (κ2) is 9.96. The molecule has 2 aromatic carbocycles. The van der Waals surface area contributed by atoms with Gasteiger partial charge in [-0.25, -0.2) is 0 Å². The SMILES string of the molecule is COc1cc(NC(=O)c2ccc(N3CCC(C)CC3)c([N+](=O)[O-])c2)ccc1-c1ccc(CO)o1. The quantitative estimate of drug-likeness (QED) is 0.378. The second-order valence-electron chi connectivity index (χ2n) is 8.42. The molecule has 1 aromatic heterocycles. The first kappa shape index (κ1) is 23.3. The fraction of sp³-hybridized carbons (Fsp3) is 0.320. The molecule has 2 heterocycles. The number of aliphatic hydroxyl groups excluding tert-OH is 1. The number of hydrogen-bond donors (Lipinski definition) is 2. The van der Waals surface area contributed by atoms with Gasteiger partial charge < -0.3 is 24.5 Å². The summed E-state index contributed by atoms with van der Waals surface area (Å²) in [6, 6.07) is 13.1. The maximum absolute atomic E-state index is 12.9. The van der Waals surface area contributed by atoms with E-state index < -0.39 is 10.8 Å². The monoisotopic (exact) mass is 465 g/mol. The predicted octanol–water partition coefficient (Wildman–Crippen LogP) is 4.84. The lowest BCUT2D eigenvalue weighted by Crippen LogP contribution is -2.33. The largest absolute Gasteiger partial charge is 0.496 e. The van der Waals surface area contributed by atoms with Crippen molar-refractivity contribution in [3.63, 3.8) is 0 Å². The number of nitrogens with zero attached hydrogens (tertiary/aromatic N) is 2. The fourth-order valence-corrected chi connectivity index (χ4v) is 4.11. The van der Waals surface area contributed by atoms with E-state index >= 15 is 0 Å². The maximum atomic E-state index is 12.9. The molecule has 0 spiro atoms. The van der Waals surface area contributed by atoms with Gasteiger partial charge in [0, 0.05) is 36.5 Å². The normalized spacial score (nSPS) is 14.1. The highest BCUT2D eigenvalue weighted by atomic mass is 16.6. The standard InChI is InChI=1S/C25H27N3O6/c1-16-9-11-27(12-10-16)21-7-3-17(13-22(21)28(31)32)25(30)26-18-4-6-20(24(14-18)33-2)23-8-5-19(15-29)34-23/h3-8,13-14,16,29H,9-12,15H2,1-2H3,(H,26,30). The summed E-state index contributed by atoms with van der Waals surface area (Å²) in [6.07, 6.45) is 1.97. The van der Waals surface area contributed by atoms with Crippen molar-refractivity contribution in [3.8, 4) is 17.1 Å². The predicted molar refractivity (Wildman–Crippen MR) is 128 cm³/mol. The Labute approximate surface area is 197 Å². The first-order chi connectivity index (χ1) is 16.4. The third-order valence-electron chi connectivity index (χ3n) is 6.10. The number of aliphatic hydroxyl groups is 1. The van der Waals surface area contributed by atoms with E-state index in [0.29, 0.717) is 40.1 Å². The van der Waals surface area contributed by atoms with Crippen molar-refractivity contribution >= 4 is 23.0 Å². The molecule has 0 atom stereocenters. The first-order valence-electron chi connectivity index (χ1n) is 11.1. The fourth-order valence-electron chi connectivity index (χ4n) is 4.11. The minimum atomic E-state index is -0.461. The van der Waals surface area contributed by atoms with Crippen LogP contribution >= 0.6 is 0 Å². The van der Waals surface area contributed by atoms with E-state index in [4.69, 9.17) is 9.15 Å². The van der Waals surface area contributed by atoms with E-state index in [1.54, 1.807) is 42.5 Å². The lowest BCUT2D eigenvalue weighted by molar-refractivity contribution is -0.384. The number of piperidine rings is 1. The first-order valence-corrected chi connectivity index (χ1v) is 11.1. The van der Waals surface area contributed by atoms with Gasteiger partial charge in [-0.05, 0) is 55.2 Å². The van der Waals surface area contributed by atoms with Gasteiger partial charge in [0.25, 0.3) is 11.6 Å². The molecule has 1 aliphatic heterocycles. The number of methoxy groups -OCH3 is 1. The second-order valence-corrected chi connectivity index (χ2v) is 8.42. The van der Waals surface area contributed by atoms with Crippen molar-refractivity contribution in [1.82, 2.24) is 0 Å². The van der Waals surface area contributed by atoms with Crippen LogP contribution in [0.1, 0.15) is 35.9 Å². The van der Waals surface area contributed by atoms with Crippen LogP contribution in [0.5, 0.6) is 5.75 Å². The van der Waals surface area contributed by atoms with Crippen molar-refractivity contribution < 1.29 is 24.0 Å². The van der Waals surface area contributed by atoms with Gasteiger partial charge in [-0.3, -0.25) is 14.9 Å². The topological polar surface area (TPSA) is 118 Å². The molecule has 1 fully saturated rings. The molecule has 0 aliphatic carbocycles. The summed E-state index contributed by atoms with van der Waals surface area (Å²) in [5.74, 6) is 1.57. The third kappa shape index (κ3) is 4.89. The van der Waals surface area contributed by atoms with E-state index in [1.807, 2.05) is 4.90 Å². The average molecular weight is 466 g/mol. The molecule has 1 saturated heterocycles. The van der Waals surface area contributed by atoms with Gasteiger partial charge in [-0.1, -0.05) is 6.92 Å². The van der Waals surface area contributed by atoms with Crippen molar-refractivity contribution in [3.05, 3.63) is 70.0 Å². The summed E-state index contributed by atoms with van der Waals surface area (Å²) in [5, 5.41) is 23.7. The maximum Gasteiger partial charge on any atom is 0.293 e. The number of ether oxygens (including phenoxy) is 1. The molecule has 1 amide bonds. The van der Waals surface area contributed by atoms with Gasteiger partial charge in [-0.15, -0.1) is 0 Å². The zero-order valence-corrected chi connectivity index (χ0v) is 19.1. The van der Waals surface area contributed by atoms with Crippen molar-refractivity contribution in [1.29, 1.82) is 0 Å². The van der Waals surface area contributed by atoms with E-state index in [2.05, 4.69) is 12.2 Å². The van der Waals surface area contributed by atoms with Crippen LogP contribution in [-0.2, 0) is 6.61 Å². The zero-order chi connectivity index (χ0) is 24.2. The smallest absolute Gasteiger partial charge is 0.293 e.